The molecule has 0 aliphatic carbocycles. The molecular weight excluding hydrogens is 314 g/mol. The highest BCUT2D eigenvalue weighted by molar-refractivity contribution is 5.83. The number of aliphatic imine (C=N–C) groups is 1. The number of pyridine rings is 1. The van der Waals surface area contributed by atoms with Crippen LogP contribution in [0.15, 0.2) is 70.4 Å². The van der Waals surface area contributed by atoms with Gasteiger partial charge in [-0.1, -0.05) is 12.1 Å². The summed E-state index contributed by atoms with van der Waals surface area (Å²) in [4.78, 5) is 25.1. The van der Waals surface area contributed by atoms with Crippen molar-refractivity contribution in [1.82, 2.24) is 20.3 Å². The fraction of sp³-hybridized carbons (Fsp3) is 0.105. The molecule has 0 aliphatic heterocycles. The Kier molecular flexibility index (Phi) is 4.89. The number of allylic oxidation sites excluding steroid dienone is 3. The Morgan fingerprint density at radius 3 is 2.88 bits per heavy atom. The molecule has 3 aromatic rings. The van der Waals surface area contributed by atoms with Gasteiger partial charge >= 0.3 is 5.69 Å². The fourth-order valence-corrected chi connectivity index (χ4v) is 2.52. The predicted octanol–water partition coefficient (Wildman–Crippen LogP) is 2.99. The van der Waals surface area contributed by atoms with Crippen molar-refractivity contribution in [1.29, 1.82) is 0 Å². The second kappa shape index (κ2) is 7.44. The van der Waals surface area contributed by atoms with Gasteiger partial charge in [-0.3, -0.25) is 9.98 Å². The van der Waals surface area contributed by atoms with Crippen LogP contribution in [-0.2, 0) is 6.54 Å². The van der Waals surface area contributed by atoms with Gasteiger partial charge in [0.25, 0.3) is 0 Å². The molecule has 2 aromatic heterocycles. The molecule has 0 fully saturated rings. The van der Waals surface area contributed by atoms with Crippen molar-refractivity contribution in [3.05, 3.63) is 82.3 Å². The predicted molar refractivity (Wildman–Crippen MR) is 101 cm³/mol. The molecule has 0 radical (unpaired) electrons. The highest BCUT2D eigenvalue weighted by Gasteiger charge is 2.04. The highest BCUT2D eigenvalue weighted by Crippen LogP contribution is 2.20. The molecule has 2 heterocycles. The summed E-state index contributed by atoms with van der Waals surface area (Å²) in [7, 11) is 0. The minimum Gasteiger partial charge on any atom is -0.383 e. The number of hydrogen-bond acceptors (Lipinski definition) is 4. The van der Waals surface area contributed by atoms with Crippen LogP contribution in [0.4, 0.5) is 0 Å². The van der Waals surface area contributed by atoms with Gasteiger partial charge in [0.05, 0.1) is 23.3 Å². The van der Waals surface area contributed by atoms with E-state index in [2.05, 4.69) is 32.0 Å². The summed E-state index contributed by atoms with van der Waals surface area (Å²) in [6.45, 7) is 6.17. The average molecular weight is 333 g/mol. The molecule has 0 atom stereocenters. The molecule has 3 N–H and O–H groups in total. The molecule has 0 saturated carbocycles. The fourth-order valence-electron chi connectivity index (χ4n) is 2.52. The van der Waals surface area contributed by atoms with E-state index in [1.807, 2.05) is 49.4 Å². The van der Waals surface area contributed by atoms with E-state index in [4.69, 9.17) is 0 Å². The molecule has 3 rings (SSSR count). The lowest BCUT2D eigenvalue weighted by Crippen LogP contribution is -2.11. The number of imidazole rings is 1. The number of nitrogens with one attached hydrogen (secondary N) is 3. The first-order valence-corrected chi connectivity index (χ1v) is 7.86. The second-order valence-corrected chi connectivity index (χ2v) is 5.61. The van der Waals surface area contributed by atoms with Crippen molar-refractivity contribution < 1.29 is 0 Å². The monoisotopic (exact) mass is 333 g/mol. The van der Waals surface area contributed by atoms with Crippen LogP contribution >= 0.6 is 0 Å². The third-order valence-electron chi connectivity index (χ3n) is 3.73. The molecule has 126 valence electrons. The maximum Gasteiger partial charge on any atom is 0.323 e. The lowest BCUT2D eigenvalue weighted by molar-refractivity contribution is 0.788. The summed E-state index contributed by atoms with van der Waals surface area (Å²) in [6.07, 6.45) is 5.46. The van der Waals surface area contributed by atoms with E-state index in [-0.39, 0.29) is 5.69 Å². The Balaban J connectivity index is 1.83. The summed E-state index contributed by atoms with van der Waals surface area (Å²) < 4.78 is 0. The van der Waals surface area contributed by atoms with Crippen LogP contribution in [-0.4, -0.2) is 21.7 Å². The average Bonchev–Trinajstić information content (AvgIpc) is 2.99. The summed E-state index contributed by atoms with van der Waals surface area (Å²) in [5, 5.41) is 3.33. The van der Waals surface area contributed by atoms with Crippen LogP contribution in [0.1, 0.15) is 18.2 Å². The van der Waals surface area contributed by atoms with Gasteiger partial charge in [-0.25, -0.2) is 4.79 Å². The Morgan fingerprint density at radius 1 is 1.28 bits per heavy atom. The van der Waals surface area contributed by atoms with E-state index in [1.54, 1.807) is 12.4 Å². The first-order valence-electron chi connectivity index (χ1n) is 7.86. The number of rotatable bonds is 6. The van der Waals surface area contributed by atoms with Gasteiger partial charge in [-0.15, -0.1) is 0 Å². The summed E-state index contributed by atoms with van der Waals surface area (Å²) >= 11 is 0. The number of H-pyrrole nitrogens is 2. The van der Waals surface area contributed by atoms with Crippen LogP contribution in [0.2, 0.25) is 0 Å². The minimum atomic E-state index is -0.219. The third kappa shape index (κ3) is 4.11. The molecular formula is C19H19N5O. The zero-order valence-electron chi connectivity index (χ0n) is 13.9. The first-order chi connectivity index (χ1) is 12.2. The standard InChI is InChI=1S/C19H19N5O/c1-13(22-12-16-5-3-4-8-21-16)9-15(11-20-2)14-6-7-17-18(10-14)24-19(25)23-17/h3-11,22H,2,12H2,1H3,(H2,23,24,25)/b13-9+,15-11+. The van der Waals surface area contributed by atoms with Gasteiger partial charge in [-0.2, -0.15) is 0 Å². The largest absolute Gasteiger partial charge is 0.383 e. The van der Waals surface area contributed by atoms with Crippen molar-refractivity contribution in [2.75, 3.05) is 0 Å². The smallest absolute Gasteiger partial charge is 0.323 e. The van der Waals surface area contributed by atoms with Gasteiger partial charge in [0.1, 0.15) is 0 Å². The SMILES string of the molecule is C=N/C=C(\C=C(/C)NCc1ccccn1)c1ccc2[nH]c(=O)[nH]c2c1. The Bertz CT molecular complexity index is 995. The molecule has 0 bridgehead atoms. The quantitative estimate of drug-likeness (QED) is 0.479. The maximum atomic E-state index is 11.4. The number of benzene rings is 1. The van der Waals surface area contributed by atoms with E-state index < -0.39 is 0 Å². The van der Waals surface area contributed by atoms with Crippen LogP contribution in [0.25, 0.3) is 16.6 Å². The summed E-state index contributed by atoms with van der Waals surface area (Å²) in [6, 6.07) is 11.5. The highest BCUT2D eigenvalue weighted by atomic mass is 16.1. The lowest BCUT2D eigenvalue weighted by Gasteiger charge is -2.08. The minimum absolute atomic E-state index is 0.219. The molecule has 6 heteroatoms. The van der Waals surface area contributed by atoms with Crippen LogP contribution in [0.3, 0.4) is 0 Å². The molecule has 1 aromatic carbocycles. The molecule has 0 amide bonds. The first kappa shape index (κ1) is 16.4. The van der Waals surface area contributed by atoms with E-state index in [1.165, 1.54) is 0 Å². The van der Waals surface area contributed by atoms with Gasteiger partial charge in [-0.05, 0) is 49.5 Å². The topological polar surface area (TPSA) is 85.9 Å². The molecule has 0 aliphatic rings. The molecule has 25 heavy (non-hydrogen) atoms. The number of aromatic amines is 2. The normalized spacial score (nSPS) is 12.4. The Morgan fingerprint density at radius 2 is 2.12 bits per heavy atom. The number of nitrogens with zero attached hydrogens (tertiary/aromatic N) is 2. The van der Waals surface area contributed by atoms with Gasteiger partial charge in [0, 0.05) is 23.7 Å². The summed E-state index contributed by atoms with van der Waals surface area (Å²) in [5.41, 5.74) is 5.08. The van der Waals surface area contributed by atoms with Crippen molar-refractivity contribution >= 4 is 23.3 Å². The van der Waals surface area contributed by atoms with Gasteiger partial charge < -0.3 is 15.3 Å². The Labute approximate surface area is 145 Å². The van der Waals surface area contributed by atoms with Crippen molar-refractivity contribution in [3.63, 3.8) is 0 Å². The maximum absolute atomic E-state index is 11.4. The van der Waals surface area contributed by atoms with Crippen molar-refractivity contribution in [2.45, 2.75) is 13.5 Å². The van der Waals surface area contributed by atoms with Crippen molar-refractivity contribution in [2.24, 2.45) is 4.99 Å². The van der Waals surface area contributed by atoms with Crippen molar-refractivity contribution in [3.8, 4) is 0 Å². The Hall–Kier alpha value is -3.41. The van der Waals surface area contributed by atoms with E-state index in [0.717, 1.165) is 33.6 Å². The third-order valence-corrected chi connectivity index (χ3v) is 3.73. The van der Waals surface area contributed by atoms with E-state index in [9.17, 15) is 4.79 Å². The van der Waals surface area contributed by atoms with Gasteiger partial charge in [0.15, 0.2) is 0 Å². The molecule has 6 nitrogen and oxygen atoms in total. The van der Waals surface area contributed by atoms with E-state index >= 15 is 0 Å². The summed E-state index contributed by atoms with van der Waals surface area (Å²) in [5.74, 6) is 0. The molecule has 0 unspecified atom stereocenters. The number of aromatic nitrogens is 3. The molecule has 0 saturated heterocycles. The lowest BCUT2D eigenvalue weighted by atomic mass is 10.0. The zero-order chi connectivity index (χ0) is 17.6. The zero-order valence-corrected chi connectivity index (χ0v) is 13.9. The van der Waals surface area contributed by atoms with Gasteiger partial charge in [0.2, 0.25) is 0 Å². The van der Waals surface area contributed by atoms with Crippen LogP contribution in [0.5, 0.6) is 0 Å². The number of hydrogen-bond donors (Lipinski definition) is 3. The van der Waals surface area contributed by atoms with Crippen LogP contribution in [0, 0.1) is 0 Å². The number of fused-ring (bicyclic) bond motifs is 1. The second-order valence-electron chi connectivity index (χ2n) is 5.61. The molecule has 0 spiro atoms. The van der Waals surface area contributed by atoms with E-state index in [0.29, 0.717) is 6.54 Å². The van der Waals surface area contributed by atoms with Crippen LogP contribution < -0.4 is 11.0 Å².